The van der Waals surface area contributed by atoms with Gasteiger partial charge in [0.1, 0.15) is 24.1 Å². The van der Waals surface area contributed by atoms with Gasteiger partial charge in [0.15, 0.2) is 0 Å². The van der Waals surface area contributed by atoms with Crippen LogP contribution in [0.5, 0.6) is 11.5 Å². The maximum atomic E-state index is 14.1. The Bertz CT molecular complexity index is 1470. The predicted octanol–water partition coefficient (Wildman–Crippen LogP) is 4.70. The molecule has 0 saturated carbocycles. The Labute approximate surface area is 237 Å². The number of rotatable bonds is 9. The molecule has 1 atom stereocenters. The summed E-state index contributed by atoms with van der Waals surface area (Å²) in [5.41, 5.74) is 1.08. The zero-order valence-corrected chi connectivity index (χ0v) is 23.7. The minimum absolute atomic E-state index is 0.277. The fraction of sp³-hybridized carbons (Fsp3) is 0.276. The number of methoxy groups -OCH3 is 2. The minimum atomic E-state index is -1.11. The van der Waals surface area contributed by atoms with Crippen LogP contribution in [0.15, 0.2) is 72.8 Å². The van der Waals surface area contributed by atoms with Gasteiger partial charge in [0.2, 0.25) is 11.7 Å². The smallest absolute Gasteiger partial charge is 0.251 e. The molecule has 208 valence electrons. The highest BCUT2D eigenvalue weighted by Crippen LogP contribution is 2.36. The van der Waals surface area contributed by atoms with Crippen molar-refractivity contribution >= 4 is 29.1 Å². The minimum Gasteiger partial charge on any atom is -0.497 e. The molecule has 4 aromatic rings. The summed E-state index contributed by atoms with van der Waals surface area (Å²) in [7, 11) is 3.04. The molecule has 0 aliphatic heterocycles. The van der Waals surface area contributed by atoms with Crippen LogP contribution < -0.4 is 19.7 Å². The Kier molecular flexibility index (Phi) is 8.69. The van der Waals surface area contributed by atoms with Gasteiger partial charge in [0, 0.05) is 27.4 Å². The lowest BCUT2D eigenvalue weighted by Gasteiger charge is -2.34. The number of para-hydroxylation sites is 1. The third-order valence-corrected chi connectivity index (χ3v) is 6.12. The molecule has 1 aromatic heterocycles. The number of carbonyl (C=O) groups excluding carboxylic acids is 2. The quantitative estimate of drug-likeness (QED) is 0.315. The van der Waals surface area contributed by atoms with Gasteiger partial charge in [-0.3, -0.25) is 14.5 Å². The standard InChI is InChI=1S/C29H31ClN6O4/c1-29(2,3)31-28(38)26(23-17-22(39-4)15-16-24(23)40-5)36(21-9-7-6-8-10-21)25(37)18-35-33-27(32-34-35)19-11-13-20(30)14-12-19/h6-17,26H,18H2,1-5H3,(H,31,38)/t26-/m1/s1. The Morgan fingerprint density at radius 3 is 2.33 bits per heavy atom. The highest BCUT2D eigenvalue weighted by molar-refractivity contribution is 6.30. The van der Waals surface area contributed by atoms with Crippen molar-refractivity contribution in [1.29, 1.82) is 0 Å². The summed E-state index contributed by atoms with van der Waals surface area (Å²) >= 11 is 5.99. The summed E-state index contributed by atoms with van der Waals surface area (Å²) in [5.74, 6) is 0.435. The number of ether oxygens (including phenoxy) is 2. The molecule has 0 bridgehead atoms. The van der Waals surface area contributed by atoms with Crippen molar-refractivity contribution in [3.8, 4) is 22.9 Å². The summed E-state index contributed by atoms with van der Waals surface area (Å²) in [4.78, 5) is 30.6. The van der Waals surface area contributed by atoms with E-state index in [0.29, 0.717) is 39.2 Å². The van der Waals surface area contributed by atoms with E-state index in [9.17, 15) is 9.59 Å². The largest absolute Gasteiger partial charge is 0.497 e. The first kappa shape index (κ1) is 28.6. The van der Waals surface area contributed by atoms with E-state index in [1.807, 2.05) is 26.8 Å². The summed E-state index contributed by atoms with van der Waals surface area (Å²) in [6, 6.07) is 19.9. The van der Waals surface area contributed by atoms with Crippen LogP contribution in [0.1, 0.15) is 32.4 Å². The number of amides is 2. The van der Waals surface area contributed by atoms with Crippen LogP contribution in [0.25, 0.3) is 11.4 Å². The SMILES string of the molecule is COc1ccc(OC)c([C@H](C(=O)NC(C)(C)C)N(C(=O)Cn2nnc(-c3ccc(Cl)cc3)n2)c2ccccc2)c1. The van der Waals surface area contributed by atoms with Gasteiger partial charge in [-0.05, 0) is 80.6 Å². The van der Waals surface area contributed by atoms with Crippen molar-refractivity contribution in [3.05, 3.63) is 83.4 Å². The van der Waals surface area contributed by atoms with Gasteiger partial charge in [-0.1, -0.05) is 29.8 Å². The number of tetrazole rings is 1. The van der Waals surface area contributed by atoms with Crippen LogP contribution in [0.3, 0.4) is 0 Å². The van der Waals surface area contributed by atoms with E-state index in [-0.39, 0.29) is 6.54 Å². The number of nitrogens with zero attached hydrogens (tertiary/aromatic N) is 5. The first-order valence-corrected chi connectivity index (χ1v) is 12.9. The predicted molar refractivity (Wildman–Crippen MR) is 152 cm³/mol. The number of halogens is 1. The van der Waals surface area contributed by atoms with Crippen molar-refractivity contribution in [1.82, 2.24) is 25.5 Å². The van der Waals surface area contributed by atoms with Crippen molar-refractivity contribution in [2.24, 2.45) is 0 Å². The first-order valence-electron chi connectivity index (χ1n) is 12.5. The van der Waals surface area contributed by atoms with Gasteiger partial charge in [-0.25, -0.2) is 0 Å². The van der Waals surface area contributed by atoms with Crippen molar-refractivity contribution in [2.45, 2.75) is 38.9 Å². The van der Waals surface area contributed by atoms with Gasteiger partial charge in [0.05, 0.1) is 14.2 Å². The molecule has 1 heterocycles. The fourth-order valence-corrected chi connectivity index (χ4v) is 4.26. The molecule has 11 heteroatoms. The van der Waals surface area contributed by atoms with Crippen molar-refractivity contribution < 1.29 is 19.1 Å². The second-order valence-corrected chi connectivity index (χ2v) is 10.4. The molecule has 10 nitrogen and oxygen atoms in total. The molecule has 0 saturated heterocycles. The molecule has 2 amide bonds. The molecule has 0 aliphatic rings. The van der Waals surface area contributed by atoms with E-state index in [4.69, 9.17) is 21.1 Å². The second kappa shape index (κ2) is 12.2. The van der Waals surface area contributed by atoms with E-state index in [1.165, 1.54) is 23.9 Å². The molecular weight excluding hydrogens is 532 g/mol. The van der Waals surface area contributed by atoms with Crippen molar-refractivity contribution in [2.75, 3.05) is 19.1 Å². The van der Waals surface area contributed by atoms with E-state index in [1.54, 1.807) is 66.7 Å². The molecule has 0 radical (unpaired) electrons. The maximum Gasteiger partial charge on any atom is 0.251 e. The average Bonchev–Trinajstić information content (AvgIpc) is 3.39. The number of aromatic nitrogens is 4. The van der Waals surface area contributed by atoms with Gasteiger partial charge >= 0.3 is 0 Å². The highest BCUT2D eigenvalue weighted by Gasteiger charge is 2.37. The molecule has 0 unspecified atom stereocenters. The maximum absolute atomic E-state index is 14.1. The van der Waals surface area contributed by atoms with Crippen LogP contribution in [0.4, 0.5) is 5.69 Å². The third kappa shape index (κ3) is 6.76. The zero-order chi connectivity index (χ0) is 28.9. The van der Waals surface area contributed by atoms with Gasteiger partial charge in [0.25, 0.3) is 5.91 Å². The monoisotopic (exact) mass is 562 g/mol. The lowest BCUT2D eigenvalue weighted by Crippen LogP contribution is -2.50. The molecule has 40 heavy (non-hydrogen) atoms. The summed E-state index contributed by atoms with van der Waals surface area (Å²) in [6.45, 7) is 5.34. The number of hydrogen-bond acceptors (Lipinski definition) is 7. The topological polar surface area (TPSA) is 111 Å². The molecule has 3 aromatic carbocycles. The Morgan fingerprint density at radius 1 is 1.00 bits per heavy atom. The number of nitrogens with one attached hydrogen (secondary N) is 1. The highest BCUT2D eigenvalue weighted by atomic mass is 35.5. The van der Waals surface area contributed by atoms with Crippen LogP contribution in [0.2, 0.25) is 5.02 Å². The molecule has 1 N–H and O–H groups in total. The number of carbonyl (C=O) groups is 2. The normalized spacial score (nSPS) is 11.9. The number of hydrogen-bond donors (Lipinski definition) is 1. The number of anilines is 1. The van der Waals surface area contributed by atoms with Gasteiger partial charge in [-0.15, -0.1) is 10.2 Å². The van der Waals surface area contributed by atoms with E-state index >= 15 is 0 Å². The van der Waals surface area contributed by atoms with E-state index < -0.39 is 23.4 Å². The zero-order valence-electron chi connectivity index (χ0n) is 23.0. The molecule has 4 rings (SSSR count). The first-order chi connectivity index (χ1) is 19.1. The molecule has 0 aliphatic carbocycles. The second-order valence-electron chi connectivity index (χ2n) is 10.00. The lowest BCUT2D eigenvalue weighted by molar-refractivity contribution is -0.128. The average molecular weight is 563 g/mol. The fourth-order valence-electron chi connectivity index (χ4n) is 4.14. The van der Waals surface area contributed by atoms with E-state index in [2.05, 4.69) is 20.7 Å². The van der Waals surface area contributed by atoms with Gasteiger partial charge in [-0.2, -0.15) is 4.80 Å². The number of benzene rings is 3. The van der Waals surface area contributed by atoms with Crippen LogP contribution in [-0.4, -0.2) is 51.8 Å². The Hall–Kier alpha value is -4.44. The summed E-state index contributed by atoms with van der Waals surface area (Å²) in [5, 5.41) is 16.1. The van der Waals surface area contributed by atoms with Crippen LogP contribution in [-0.2, 0) is 16.1 Å². The lowest BCUT2D eigenvalue weighted by atomic mass is 9.99. The third-order valence-electron chi connectivity index (χ3n) is 5.87. The molecule has 0 spiro atoms. The van der Waals surface area contributed by atoms with Crippen molar-refractivity contribution in [3.63, 3.8) is 0 Å². The van der Waals surface area contributed by atoms with Crippen LogP contribution >= 0.6 is 11.6 Å². The summed E-state index contributed by atoms with van der Waals surface area (Å²) in [6.07, 6.45) is 0. The van der Waals surface area contributed by atoms with Crippen LogP contribution in [0, 0.1) is 0 Å². The van der Waals surface area contributed by atoms with Gasteiger partial charge < -0.3 is 14.8 Å². The Morgan fingerprint density at radius 2 is 1.70 bits per heavy atom. The summed E-state index contributed by atoms with van der Waals surface area (Å²) < 4.78 is 11.1. The molecular formula is C29H31ClN6O4. The van der Waals surface area contributed by atoms with E-state index in [0.717, 1.165) is 0 Å². The molecule has 0 fully saturated rings. The Balaban J connectivity index is 1.79.